The van der Waals surface area contributed by atoms with Gasteiger partial charge in [-0.2, -0.15) is 5.10 Å². The number of benzene rings is 1. The molecule has 4 rings (SSSR count). The van der Waals surface area contributed by atoms with Crippen LogP contribution < -0.4 is 0 Å². The molecule has 0 radical (unpaired) electrons. The average Bonchev–Trinajstić information content (AvgIpc) is 3.30. The molecule has 138 valence electrons. The molecule has 27 heavy (non-hydrogen) atoms. The molecule has 0 saturated carbocycles. The number of nitrogens with zero attached hydrogens (tertiary/aromatic N) is 5. The van der Waals surface area contributed by atoms with Crippen molar-refractivity contribution in [1.82, 2.24) is 24.6 Å². The van der Waals surface area contributed by atoms with Gasteiger partial charge in [-0.1, -0.05) is 11.6 Å². The number of rotatable bonds is 3. The first-order valence-electron chi connectivity index (χ1n) is 8.98. The van der Waals surface area contributed by atoms with Crippen molar-refractivity contribution >= 4 is 17.5 Å². The smallest absolute Gasteiger partial charge is 0.274 e. The quantitative estimate of drug-likeness (QED) is 0.691. The van der Waals surface area contributed by atoms with Crippen LogP contribution in [0.3, 0.4) is 0 Å². The molecule has 1 saturated heterocycles. The number of hydrogen-bond donors (Lipinski definition) is 0. The number of amides is 1. The molecule has 0 unspecified atom stereocenters. The summed E-state index contributed by atoms with van der Waals surface area (Å²) in [5.74, 6) is -0.0662. The number of halogens is 1. The number of aryl methyl sites for hydroxylation is 2. The number of aromatic nitrogens is 4. The predicted molar refractivity (Wildman–Crippen MR) is 104 cm³/mol. The molecule has 1 fully saturated rings. The fraction of sp³-hybridized carbons (Fsp3) is 0.300. The van der Waals surface area contributed by atoms with Crippen molar-refractivity contribution in [1.29, 1.82) is 0 Å². The molecule has 6 nitrogen and oxygen atoms in total. The standard InChI is InChI=1S/C20H20ClN5O/c1-13-9-14(2)26(24-13)19-10-15(21)5-6-16(19)17-11-22-12-18(23-17)20(27)25-7-3-4-8-25/h5-6,9-12H,3-4,7-8H2,1-2H3. The van der Waals surface area contributed by atoms with Crippen LogP contribution in [0.2, 0.25) is 5.02 Å². The summed E-state index contributed by atoms with van der Waals surface area (Å²) < 4.78 is 1.84. The van der Waals surface area contributed by atoms with Gasteiger partial charge in [0.25, 0.3) is 5.91 Å². The van der Waals surface area contributed by atoms with Crippen molar-refractivity contribution < 1.29 is 4.79 Å². The number of carbonyl (C=O) groups is 1. The van der Waals surface area contributed by atoms with Crippen molar-refractivity contribution in [2.75, 3.05) is 13.1 Å². The summed E-state index contributed by atoms with van der Waals surface area (Å²) in [6, 6.07) is 7.56. The zero-order valence-corrected chi connectivity index (χ0v) is 16.1. The molecular formula is C20H20ClN5O. The Morgan fingerprint density at radius 3 is 2.59 bits per heavy atom. The third kappa shape index (κ3) is 3.45. The zero-order valence-electron chi connectivity index (χ0n) is 15.3. The highest BCUT2D eigenvalue weighted by molar-refractivity contribution is 6.30. The summed E-state index contributed by atoms with van der Waals surface area (Å²) in [5.41, 5.74) is 4.54. The number of likely N-dealkylation sites (tertiary alicyclic amines) is 1. The minimum atomic E-state index is -0.0662. The van der Waals surface area contributed by atoms with Crippen LogP contribution in [0.1, 0.15) is 34.7 Å². The van der Waals surface area contributed by atoms with Crippen LogP contribution in [0.15, 0.2) is 36.7 Å². The van der Waals surface area contributed by atoms with E-state index in [2.05, 4.69) is 15.1 Å². The van der Waals surface area contributed by atoms with E-state index in [1.54, 1.807) is 6.20 Å². The van der Waals surface area contributed by atoms with E-state index in [0.717, 1.165) is 48.6 Å². The maximum absolute atomic E-state index is 12.7. The van der Waals surface area contributed by atoms with E-state index in [1.807, 2.05) is 47.7 Å². The minimum Gasteiger partial charge on any atom is -0.337 e. The van der Waals surface area contributed by atoms with Gasteiger partial charge in [-0.3, -0.25) is 9.78 Å². The van der Waals surface area contributed by atoms with E-state index in [-0.39, 0.29) is 5.91 Å². The fourth-order valence-corrected chi connectivity index (χ4v) is 3.62. The Hall–Kier alpha value is -2.73. The largest absolute Gasteiger partial charge is 0.337 e. The average molecular weight is 382 g/mol. The first-order valence-corrected chi connectivity index (χ1v) is 9.35. The normalized spacial score (nSPS) is 14.0. The van der Waals surface area contributed by atoms with Crippen molar-refractivity contribution in [3.63, 3.8) is 0 Å². The van der Waals surface area contributed by atoms with E-state index in [9.17, 15) is 4.79 Å². The third-order valence-electron chi connectivity index (χ3n) is 4.72. The maximum atomic E-state index is 12.7. The zero-order chi connectivity index (χ0) is 19.0. The summed E-state index contributed by atoms with van der Waals surface area (Å²) in [4.78, 5) is 23.4. The van der Waals surface area contributed by atoms with Gasteiger partial charge in [0, 0.05) is 29.4 Å². The van der Waals surface area contributed by atoms with Gasteiger partial charge in [0.2, 0.25) is 0 Å². The van der Waals surface area contributed by atoms with Crippen LogP contribution in [0, 0.1) is 13.8 Å². The highest BCUT2D eigenvalue weighted by Crippen LogP contribution is 2.29. The Morgan fingerprint density at radius 2 is 1.89 bits per heavy atom. The summed E-state index contributed by atoms with van der Waals surface area (Å²) in [5, 5.41) is 5.17. The van der Waals surface area contributed by atoms with Crippen molar-refractivity contribution in [2.45, 2.75) is 26.7 Å². The first-order chi connectivity index (χ1) is 13.0. The van der Waals surface area contributed by atoms with Crippen LogP contribution in [-0.2, 0) is 0 Å². The lowest BCUT2D eigenvalue weighted by Crippen LogP contribution is -2.28. The Labute approximate surface area is 162 Å². The molecule has 0 bridgehead atoms. The van der Waals surface area contributed by atoms with Gasteiger partial charge >= 0.3 is 0 Å². The Balaban J connectivity index is 1.79. The Bertz CT molecular complexity index is 1010. The summed E-state index contributed by atoms with van der Waals surface area (Å²) in [6.07, 6.45) is 5.28. The van der Waals surface area contributed by atoms with Crippen molar-refractivity contribution in [3.8, 4) is 16.9 Å². The van der Waals surface area contributed by atoms with Crippen molar-refractivity contribution in [2.24, 2.45) is 0 Å². The SMILES string of the molecule is Cc1cc(C)n(-c2cc(Cl)ccc2-c2cncc(C(=O)N3CCCC3)n2)n1. The second-order valence-corrected chi connectivity index (χ2v) is 7.23. The first kappa shape index (κ1) is 17.7. The molecule has 3 heterocycles. The van der Waals surface area contributed by atoms with Gasteiger partial charge in [0.05, 0.1) is 29.5 Å². The lowest BCUT2D eigenvalue weighted by molar-refractivity contribution is 0.0786. The lowest BCUT2D eigenvalue weighted by atomic mass is 10.1. The topological polar surface area (TPSA) is 63.9 Å². The predicted octanol–water partition coefficient (Wildman–Crippen LogP) is 3.84. The number of hydrogen-bond acceptors (Lipinski definition) is 4. The molecule has 1 aliphatic heterocycles. The van der Waals surface area contributed by atoms with Gasteiger partial charge < -0.3 is 4.90 Å². The molecule has 0 spiro atoms. The van der Waals surface area contributed by atoms with E-state index in [1.165, 1.54) is 6.20 Å². The Morgan fingerprint density at radius 1 is 1.11 bits per heavy atom. The Kier molecular flexibility index (Phi) is 4.66. The molecule has 0 aliphatic carbocycles. The maximum Gasteiger partial charge on any atom is 0.274 e. The van der Waals surface area contributed by atoms with E-state index >= 15 is 0 Å². The summed E-state index contributed by atoms with van der Waals surface area (Å²) >= 11 is 6.24. The van der Waals surface area contributed by atoms with Crippen LogP contribution >= 0.6 is 11.6 Å². The van der Waals surface area contributed by atoms with Crippen LogP contribution in [0.5, 0.6) is 0 Å². The molecule has 7 heteroatoms. The number of carbonyl (C=O) groups excluding carboxylic acids is 1. The second-order valence-electron chi connectivity index (χ2n) is 6.79. The van der Waals surface area contributed by atoms with E-state index < -0.39 is 0 Å². The van der Waals surface area contributed by atoms with Crippen LogP contribution in [0.25, 0.3) is 16.9 Å². The third-order valence-corrected chi connectivity index (χ3v) is 4.96. The highest BCUT2D eigenvalue weighted by atomic mass is 35.5. The van der Waals surface area contributed by atoms with Crippen LogP contribution in [-0.4, -0.2) is 43.6 Å². The fourth-order valence-electron chi connectivity index (χ4n) is 3.45. The van der Waals surface area contributed by atoms with Gasteiger partial charge in [0.15, 0.2) is 0 Å². The van der Waals surface area contributed by atoms with Gasteiger partial charge in [0.1, 0.15) is 5.69 Å². The molecule has 1 aliphatic rings. The molecule has 0 atom stereocenters. The molecule has 0 N–H and O–H groups in total. The lowest BCUT2D eigenvalue weighted by Gasteiger charge is -2.15. The van der Waals surface area contributed by atoms with E-state index in [4.69, 9.17) is 11.6 Å². The summed E-state index contributed by atoms with van der Waals surface area (Å²) in [7, 11) is 0. The van der Waals surface area contributed by atoms with Gasteiger partial charge in [-0.25, -0.2) is 9.67 Å². The highest BCUT2D eigenvalue weighted by Gasteiger charge is 2.22. The minimum absolute atomic E-state index is 0.0662. The summed E-state index contributed by atoms with van der Waals surface area (Å²) in [6.45, 7) is 5.50. The van der Waals surface area contributed by atoms with Gasteiger partial charge in [-0.05, 0) is 51.0 Å². The van der Waals surface area contributed by atoms with Crippen molar-refractivity contribution in [3.05, 3.63) is 58.8 Å². The monoisotopic (exact) mass is 381 g/mol. The molecular weight excluding hydrogens is 362 g/mol. The molecule has 3 aromatic rings. The molecule has 2 aromatic heterocycles. The molecule has 1 amide bonds. The van der Waals surface area contributed by atoms with Crippen LogP contribution in [0.4, 0.5) is 0 Å². The molecule has 1 aromatic carbocycles. The van der Waals surface area contributed by atoms with E-state index in [0.29, 0.717) is 16.4 Å². The van der Waals surface area contributed by atoms with Gasteiger partial charge in [-0.15, -0.1) is 0 Å². The second kappa shape index (κ2) is 7.12.